The topological polar surface area (TPSA) is 75.4 Å². The van der Waals surface area contributed by atoms with Crippen LogP contribution in [-0.2, 0) is 4.79 Å². The maximum atomic E-state index is 12.1. The molecule has 2 N–H and O–H groups in total. The van der Waals surface area contributed by atoms with E-state index in [1.165, 1.54) is 0 Å². The van der Waals surface area contributed by atoms with Crippen LogP contribution in [0.3, 0.4) is 0 Å². The van der Waals surface area contributed by atoms with Crippen LogP contribution < -0.4 is 10.6 Å². The fourth-order valence-electron chi connectivity index (χ4n) is 2.14. The number of hydrogen-bond donors (Lipinski definition) is 1. The van der Waals surface area contributed by atoms with Crippen molar-refractivity contribution in [2.75, 3.05) is 37.6 Å². The number of carbonyl (C=O) groups excluding carboxylic acids is 1. The Kier molecular flexibility index (Phi) is 5.31. The van der Waals surface area contributed by atoms with E-state index in [2.05, 4.69) is 30.8 Å². The van der Waals surface area contributed by atoms with E-state index in [4.69, 9.17) is 5.73 Å². The number of hydrogen-bond acceptors (Lipinski definition) is 5. The Morgan fingerprint density at radius 2 is 1.95 bits per heavy atom. The van der Waals surface area contributed by atoms with E-state index in [0.29, 0.717) is 13.0 Å². The van der Waals surface area contributed by atoms with E-state index in [1.54, 1.807) is 12.4 Å². The number of rotatable bonds is 4. The summed E-state index contributed by atoms with van der Waals surface area (Å²) in [4.78, 5) is 24.6. The predicted molar refractivity (Wildman–Crippen MR) is 81.4 cm³/mol. The second-order valence-electron chi connectivity index (χ2n) is 5.11. The lowest BCUT2D eigenvalue weighted by Crippen LogP contribution is -2.49. The standard InChI is InChI=1S/C13H20BrN5O/c1-10(7-15)6-12(20)18-2-4-19(5-3-18)13-16-8-11(14)9-17-13/h8-10H,2-7,15H2,1H3. The first-order chi connectivity index (χ1) is 9.60. The molecule has 1 atom stereocenters. The summed E-state index contributed by atoms with van der Waals surface area (Å²) in [5.41, 5.74) is 5.56. The fraction of sp³-hybridized carbons (Fsp3) is 0.615. The molecule has 2 heterocycles. The van der Waals surface area contributed by atoms with E-state index in [-0.39, 0.29) is 11.8 Å². The summed E-state index contributed by atoms with van der Waals surface area (Å²) < 4.78 is 0.867. The third-order valence-corrected chi connectivity index (χ3v) is 3.86. The van der Waals surface area contributed by atoms with Gasteiger partial charge in [-0.2, -0.15) is 0 Å². The molecule has 1 aliphatic heterocycles. The first-order valence-electron chi connectivity index (χ1n) is 6.80. The summed E-state index contributed by atoms with van der Waals surface area (Å²) in [5, 5.41) is 0. The lowest BCUT2D eigenvalue weighted by molar-refractivity contribution is -0.132. The van der Waals surface area contributed by atoms with Crippen LogP contribution in [0.1, 0.15) is 13.3 Å². The van der Waals surface area contributed by atoms with Gasteiger partial charge in [-0.3, -0.25) is 4.79 Å². The van der Waals surface area contributed by atoms with Crippen molar-refractivity contribution in [3.63, 3.8) is 0 Å². The van der Waals surface area contributed by atoms with Crippen molar-refractivity contribution < 1.29 is 4.79 Å². The molecule has 0 spiro atoms. The third-order valence-electron chi connectivity index (χ3n) is 3.45. The van der Waals surface area contributed by atoms with Crippen molar-refractivity contribution in [3.8, 4) is 0 Å². The average molecular weight is 342 g/mol. The Bertz CT molecular complexity index is 445. The van der Waals surface area contributed by atoms with Gasteiger partial charge < -0.3 is 15.5 Å². The zero-order chi connectivity index (χ0) is 14.5. The minimum Gasteiger partial charge on any atom is -0.339 e. The number of amides is 1. The van der Waals surface area contributed by atoms with Crippen LogP contribution >= 0.6 is 15.9 Å². The van der Waals surface area contributed by atoms with Crippen LogP contribution in [-0.4, -0.2) is 53.5 Å². The van der Waals surface area contributed by atoms with Crippen molar-refractivity contribution in [2.45, 2.75) is 13.3 Å². The fourth-order valence-corrected chi connectivity index (χ4v) is 2.34. The molecular formula is C13H20BrN5O. The van der Waals surface area contributed by atoms with Gasteiger partial charge in [0.05, 0.1) is 4.47 Å². The summed E-state index contributed by atoms with van der Waals surface area (Å²) in [5.74, 6) is 1.16. The molecule has 0 bridgehead atoms. The average Bonchev–Trinajstić information content (AvgIpc) is 2.48. The molecule has 1 aromatic heterocycles. The van der Waals surface area contributed by atoms with E-state index < -0.39 is 0 Å². The zero-order valence-electron chi connectivity index (χ0n) is 11.6. The van der Waals surface area contributed by atoms with Crippen LogP contribution in [0.15, 0.2) is 16.9 Å². The highest BCUT2D eigenvalue weighted by atomic mass is 79.9. The number of nitrogens with two attached hydrogens (primary N) is 1. The van der Waals surface area contributed by atoms with E-state index in [0.717, 1.165) is 36.6 Å². The number of anilines is 1. The third kappa shape index (κ3) is 3.89. The summed E-state index contributed by atoms with van der Waals surface area (Å²) >= 11 is 3.32. The Morgan fingerprint density at radius 3 is 2.50 bits per heavy atom. The molecule has 7 heteroatoms. The monoisotopic (exact) mass is 341 g/mol. The quantitative estimate of drug-likeness (QED) is 0.879. The molecule has 2 rings (SSSR count). The Hall–Kier alpha value is -1.21. The van der Waals surface area contributed by atoms with Gasteiger partial charge in [-0.05, 0) is 28.4 Å². The molecule has 0 saturated carbocycles. The van der Waals surface area contributed by atoms with Crippen LogP contribution in [0.2, 0.25) is 0 Å². The molecule has 1 aliphatic rings. The van der Waals surface area contributed by atoms with E-state index >= 15 is 0 Å². The summed E-state index contributed by atoms with van der Waals surface area (Å²) in [6.45, 7) is 5.53. The maximum absolute atomic E-state index is 12.1. The molecular weight excluding hydrogens is 322 g/mol. The van der Waals surface area contributed by atoms with Gasteiger partial charge in [0.25, 0.3) is 0 Å². The normalized spacial score (nSPS) is 17.1. The SMILES string of the molecule is CC(CN)CC(=O)N1CCN(c2ncc(Br)cn2)CC1. The van der Waals surface area contributed by atoms with E-state index in [1.807, 2.05) is 11.8 Å². The highest BCUT2D eigenvalue weighted by Crippen LogP contribution is 2.14. The van der Waals surface area contributed by atoms with Gasteiger partial charge in [0.15, 0.2) is 0 Å². The minimum atomic E-state index is 0.194. The second-order valence-corrected chi connectivity index (χ2v) is 6.03. The van der Waals surface area contributed by atoms with Crippen LogP contribution in [0.25, 0.3) is 0 Å². The summed E-state index contributed by atoms with van der Waals surface area (Å²) in [6, 6.07) is 0. The molecule has 1 unspecified atom stereocenters. The molecule has 0 radical (unpaired) electrons. The minimum absolute atomic E-state index is 0.194. The van der Waals surface area contributed by atoms with Crippen molar-refractivity contribution in [2.24, 2.45) is 11.7 Å². The number of piperazine rings is 1. The molecule has 1 aromatic rings. The van der Waals surface area contributed by atoms with Crippen LogP contribution in [0, 0.1) is 5.92 Å². The van der Waals surface area contributed by atoms with E-state index in [9.17, 15) is 4.79 Å². The molecule has 0 aliphatic carbocycles. The number of carbonyl (C=O) groups is 1. The van der Waals surface area contributed by atoms with Crippen molar-refractivity contribution >= 4 is 27.8 Å². The molecule has 110 valence electrons. The zero-order valence-corrected chi connectivity index (χ0v) is 13.2. The highest BCUT2D eigenvalue weighted by molar-refractivity contribution is 9.10. The molecule has 20 heavy (non-hydrogen) atoms. The largest absolute Gasteiger partial charge is 0.339 e. The maximum Gasteiger partial charge on any atom is 0.225 e. The van der Waals surface area contributed by atoms with Gasteiger partial charge in [-0.25, -0.2) is 9.97 Å². The molecule has 0 aromatic carbocycles. The van der Waals surface area contributed by atoms with Crippen LogP contribution in [0.4, 0.5) is 5.95 Å². The summed E-state index contributed by atoms with van der Waals surface area (Å²) in [7, 11) is 0. The molecule has 1 fully saturated rings. The second kappa shape index (κ2) is 6.99. The molecule has 1 amide bonds. The highest BCUT2D eigenvalue weighted by Gasteiger charge is 2.23. The lowest BCUT2D eigenvalue weighted by atomic mass is 10.1. The Balaban J connectivity index is 1.86. The van der Waals surface area contributed by atoms with Gasteiger partial charge in [0, 0.05) is 45.0 Å². The van der Waals surface area contributed by atoms with Crippen molar-refractivity contribution in [1.29, 1.82) is 0 Å². The van der Waals surface area contributed by atoms with Gasteiger partial charge in [0.2, 0.25) is 11.9 Å². The first-order valence-corrected chi connectivity index (χ1v) is 7.59. The smallest absolute Gasteiger partial charge is 0.225 e. The Labute approximate surface area is 127 Å². The van der Waals surface area contributed by atoms with Crippen LogP contribution in [0.5, 0.6) is 0 Å². The predicted octanol–water partition coefficient (Wildman–Crippen LogP) is 0.873. The van der Waals surface area contributed by atoms with Gasteiger partial charge >= 0.3 is 0 Å². The molecule has 6 nitrogen and oxygen atoms in total. The number of halogens is 1. The van der Waals surface area contributed by atoms with Gasteiger partial charge in [0.1, 0.15) is 0 Å². The molecule has 1 saturated heterocycles. The van der Waals surface area contributed by atoms with Gasteiger partial charge in [-0.15, -0.1) is 0 Å². The van der Waals surface area contributed by atoms with Crippen molar-refractivity contribution in [1.82, 2.24) is 14.9 Å². The Morgan fingerprint density at radius 1 is 1.35 bits per heavy atom. The van der Waals surface area contributed by atoms with Gasteiger partial charge in [-0.1, -0.05) is 6.92 Å². The van der Waals surface area contributed by atoms with Crippen molar-refractivity contribution in [3.05, 3.63) is 16.9 Å². The summed E-state index contributed by atoms with van der Waals surface area (Å²) in [6.07, 6.45) is 4.01. The number of aromatic nitrogens is 2. The lowest BCUT2D eigenvalue weighted by Gasteiger charge is -2.35. The number of nitrogens with zero attached hydrogens (tertiary/aromatic N) is 4. The first kappa shape index (κ1) is 15.2.